The highest BCUT2D eigenvalue weighted by atomic mass is 32.1. The summed E-state index contributed by atoms with van der Waals surface area (Å²) >= 11 is 4.40. The first-order valence-electron chi connectivity index (χ1n) is 6.97. The summed E-state index contributed by atoms with van der Waals surface area (Å²) in [5, 5.41) is 0. The van der Waals surface area contributed by atoms with E-state index < -0.39 is 0 Å². The van der Waals surface area contributed by atoms with E-state index in [1.807, 2.05) is 0 Å². The van der Waals surface area contributed by atoms with E-state index in [1.54, 1.807) is 0 Å². The van der Waals surface area contributed by atoms with Crippen molar-refractivity contribution in [2.24, 2.45) is 11.8 Å². The monoisotopic (exact) mass is 228 g/mol. The first kappa shape index (κ1) is 13.4. The highest BCUT2D eigenvalue weighted by Crippen LogP contribution is 2.32. The highest BCUT2D eigenvalue weighted by molar-refractivity contribution is 7.80. The van der Waals surface area contributed by atoms with Gasteiger partial charge in [-0.2, -0.15) is 12.6 Å². The van der Waals surface area contributed by atoms with E-state index in [2.05, 4.69) is 19.6 Å². The Morgan fingerprint density at radius 1 is 0.867 bits per heavy atom. The minimum atomic E-state index is 0.935. The molecule has 1 rings (SSSR count). The van der Waals surface area contributed by atoms with Gasteiger partial charge < -0.3 is 0 Å². The predicted molar refractivity (Wildman–Crippen MR) is 72.7 cm³/mol. The fraction of sp³-hybridized carbons (Fsp3) is 1.00. The lowest BCUT2D eigenvalue weighted by Crippen LogP contribution is -2.15. The van der Waals surface area contributed by atoms with E-state index in [9.17, 15) is 0 Å². The number of unbranched alkanes of at least 4 members (excludes halogenated alkanes) is 4. The van der Waals surface area contributed by atoms with Crippen molar-refractivity contribution in [3.63, 3.8) is 0 Å². The molecule has 90 valence electrons. The molecule has 0 aromatic carbocycles. The highest BCUT2D eigenvalue weighted by Gasteiger charge is 2.19. The van der Waals surface area contributed by atoms with Gasteiger partial charge in [0, 0.05) is 0 Å². The molecule has 0 nitrogen and oxygen atoms in total. The molecule has 0 amide bonds. The fourth-order valence-corrected chi connectivity index (χ4v) is 3.10. The van der Waals surface area contributed by atoms with E-state index in [0.29, 0.717) is 0 Å². The summed E-state index contributed by atoms with van der Waals surface area (Å²) in [6.45, 7) is 2.29. The zero-order valence-corrected chi connectivity index (χ0v) is 11.3. The Balaban J connectivity index is 1.94. The van der Waals surface area contributed by atoms with Crippen LogP contribution in [0, 0.1) is 11.8 Å². The van der Waals surface area contributed by atoms with Crippen LogP contribution in [0.25, 0.3) is 0 Å². The maximum Gasteiger partial charge on any atom is -0.00695 e. The molecule has 15 heavy (non-hydrogen) atoms. The largest absolute Gasteiger partial charge is 0.179 e. The van der Waals surface area contributed by atoms with Crippen LogP contribution in [-0.4, -0.2) is 5.75 Å². The Hall–Kier alpha value is 0.350. The molecule has 0 unspecified atom stereocenters. The van der Waals surface area contributed by atoms with E-state index in [4.69, 9.17) is 0 Å². The van der Waals surface area contributed by atoms with Crippen LogP contribution in [0.4, 0.5) is 0 Å². The van der Waals surface area contributed by atoms with Crippen LogP contribution in [0.1, 0.15) is 71.1 Å². The third kappa shape index (κ3) is 5.85. The van der Waals surface area contributed by atoms with Gasteiger partial charge in [0.15, 0.2) is 0 Å². The molecule has 0 aromatic rings. The van der Waals surface area contributed by atoms with Gasteiger partial charge in [0.2, 0.25) is 0 Å². The van der Waals surface area contributed by atoms with Gasteiger partial charge in [-0.05, 0) is 30.4 Å². The Morgan fingerprint density at radius 3 is 2.07 bits per heavy atom. The molecule has 0 N–H and O–H groups in total. The summed E-state index contributed by atoms with van der Waals surface area (Å²) in [5.74, 6) is 3.11. The number of rotatable bonds is 7. The van der Waals surface area contributed by atoms with Crippen LogP contribution in [0.5, 0.6) is 0 Å². The van der Waals surface area contributed by atoms with Crippen molar-refractivity contribution in [2.75, 3.05) is 5.75 Å². The molecule has 1 aliphatic rings. The predicted octanol–water partition coefficient (Wildman–Crippen LogP) is 5.08. The van der Waals surface area contributed by atoms with E-state index in [0.717, 1.165) is 17.6 Å². The maximum atomic E-state index is 4.40. The van der Waals surface area contributed by atoms with E-state index >= 15 is 0 Å². The summed E-state index contributed by atoms with van der Waals surface area (Å²) in [7, 11) is 0. The van der Waals surface area contributed by atoms with Crippen LogP contribution < -0.4 is 0 Å². The van der Waals surface area contributed by atoms with E-state index in [-0.39, 0.29) is 0 Å². The van der Waals surface area contributed by atoms with Crippen molar-refractivity contribution in [3.05, 3.63) is 0 Å². The molecule has 0 saturated heterocycles. The summed E-state index contributed by atoms with van der Waals surface area (Å²) in [5.41, 5.74) is 0. The SMILES string of the molecule is CCCCCCCC1CCC(CS)CC1. The standard InChI is InChI=1S/C14H28S/c1-2-3-4-5-6-7-13-8-10-14(12-15)11-9-13/h13-15H,2-12H2,1H3. The molecule has 0 aliphatic heterocycles. The second kappa shape index (κ2) is 8.50. The third-order valence-corrected chi connectivity index (χ3v) is 4.46. The second-order valence-electron chi connectivity index (χ2n) is 5.27. The first-order valence-corrected chi connectivity index (χ1v) is 7.61. The Morgan fingerprint density at radius 2 is 1.47 bits per heavy atom. The summed E-state index contributed by atoms with van der Waals surface area (Å²) in [6, 6.07) is 0. The first-order chi connectivity index (χ1) is 7.36. The third-order valence-electron chi connectivity index (χ3n) is 3.94. The number of hydrogen-bond donors (Lipinski definition) is 1. The molecule has 1 saturated carbocycles. The quantitative estimate of drug-likeness (QED) is 0.456. The Kier molecular flexibility index (Phi) is 7.60. The lowest BCUT2D eigenvalue weighted by molar-refractivity contribution is 0.274. The van der Waals surface area contributed by atoms with Crippen LogP contribution in [-0.2, 0) is 0 Å². The molecule has 0 bridgehead atoms. The molecule has 0 aromatic heterocycles. The molecule has 0 spiro atoms. The van der Waals surface area contributed by atoms with Crippen molar-refractivity contribution >= 4 is 12.6 Å². The smallest absolute Gasteiger partial charge is 0.00695 e. The summed E-state index contributed by atoms with van der Waals surface area (Å²) in [4.78, 5) is 0. The topological polar surface area (TPSA) is 0 Å². The number of thiol groups is 1. The molecule has 0 radical (unpaired) electrons. The van der Waals surface area contributed by atoms with Gasteiger partial charge in [0.1, 0.15) is 0 Å². The molecule has 0 heterocycles. The van der Waals surface area contributed by atoms with Gasteiger partial charge in [0.05, 0.1) is 0 Å². The van der Waals surface area contributed by atoms with Crippen LogP contribution in [0.2, 0.25) is 0 Å². The molecule has 1 aliphatic carbocycles. The zero-order chi connectivity index (χ0) is 10.9. The van der Waals surface area contributed by atoms with Gasteiger partial charge in [-0.25, -0.2) is 0 Å². The Bertz CT molecular complexity index is 136. The normalized spacial score (nSPS) is 26.8. The van der Waals surface area contributed by atoms with E-state index in [1.165, 1.54) is 64.2 Å². The van der Waals surface area contributed by atoms with Crippen molar-refractivity contribution in [3.8, 4) is 0 Å². The van der Waals surface area contributed by atoms with Crippen molar-refractivity contribution < 1.29 is 0 Å². The second-order valence-corrected chi connectivity index (χ2v) is 5.64. The average molecular weight is 228 g/mol. The average Bonchev–Trinajstić information content (AvgIpc) is 2.30. The van der Waals surface area contributed by atoms with Gasteiger partial charge >= 0.3 is 0 Å². The Labute approximate surface area is 102 Å². The molecule has 1 heteroatoms. The van der Waals surface area contributed by atoms with Crippen LogP contribution >= 0.6 is 12.6 Å². The minimum Gasteiger partial charge on any atom is -0.179 e. The molecule has 0 atom stereocenters. The zero-order valence-electron chi connectivity index (χ0n) is 10.4. The van der Waals surface area contributed by atoms with Crippen molar-refractivity contribution in [2.45, 2.75) is 71.1 Å². The van der Waals surface area contributed by atoms with Gasteiger partial charge in [-0.3, -0.25) is 0 Å². The molecular weight excluding hydrogens is 200 g/mol. The molecule has 1 fully saturated rings. The van der Waals surface area contributed by atoms with Crippen molar-refractivity contribution in [1.29, 1.82) is 0 Å². The minimum absolute atomic E-state index is 0.935. The number of hydrogen-bond acceptors (Lipinski definition) is 1. The van der Waals surface area contributed by atoms with Crippen LogP contribution in [0.3, 0.4) is 0 Å². The summed E-state index contributed by atoms with van der Waals surface area (Å²) < 4.78 is 0. The maximum absolute atomic E-state index is 4.40. The molecular formula is C14H28S. The van der Waals surface area contributed by atoms with Gasteiger partial charge in [-0.15, -0.1) is 0 Å². The van der Waals surface area contributed by atoms with Gasteiger partial charge in [0.25, 0.3) is 0 Å². The summed E-state index contributed by atoms with van der Waals surface area (Å²) in [6.07, 6.45) is 14.6. The van der Waals surface area contributed by atoms with Crippen LogP contribution in [0.15, 0.2) is 0 Å². The lowest BCUT2D eigenvalue weighted by Gasteiger charge is -2.27. The fourth-order valence-electron chi connectivity index (χ4n) is 2.74. The van der Waals surface area contributed by atoms with Crippen molar-refractivity contribution in [1.82, 2.24) is 0 Å². The lowest BCUT2D eigenvalue weighted by atomic mass is 9.80. The van der Waals surface area contributed by atoms with Gasteiger partial charge in [-0.1, -0.05) is 58.3 Å².